The van der Waals surface area contributed by atoms with Gasteiger partial charge in [-0.15, -0.1) is 0 Å². The number of fused-ring (bicyclic) bond motifs is 2. The fourth-order valence-corrected chi connectivity index (χ4v) is 6.48. The van der Waals surface area contributed by atoms with Gasteiger partial charge in [0.25, 0.3) is 15.9 Å². The largest absolute Gasteiger partial charge is 0.349 e. The molecule has 4 atom stereocenters. The van der Waals surface area contributed by atoms with Gasteiger partial charge in [0.2, 0.25) is 0 Å². The third kappa shape index (κ3) is 3.78. The lowest BCUT2D eigenvalue weighted by atomic mass is 9.84. The van der Waals surface area contributed by atoms with Crippen LogP contribution in [0.4, 0.5) is 5.69 Å². The zero-order valence-electron chi connectivity index (χ0n) is 16.9. The van der Waals surface area contributed by atoms with Gasteiger partial charge in [0.15, 0.2) is 0 Å². The van der Waals surface area contributed by atoms with Crippen LogP contribution in [0.25, 0.3) is 0 Å². The number of para-hydroxylation sites is 1. The van der Waals surface area contributed by atoms with E-state index in [1.165, 1.54) is 43.1 Å². The molecule has 29 heavy (non-hydrogen) atoms. The molecule has 0 aromatic heterocycles. The standard InChI is InChI=1S/C23H28N2O3S/c1-16(21-15-17-12-13-18(21)14-17)24-23(26)20-10-6-7-11-22(20)29(27,28)25(2)19-8-4-3-5-9-19/h3-11,16-18,21H,12-15H2,1-2H3,(H,24,26)/t16-,17-,18+,21-/m1/s1. The Kier molecular flexibility index (Phi) is 5.38. The van der Waals surface area contributed by atoms with Crippen LogP contribution < -0.4 is 9.62 Å². The summed E-state index contributed by atoms with van der Waals surface area (Å²) in [6.45, 7) is 2.05. The molecule has 2 saturated carbocycles. The number of rotatable bonds is 6. The van der Waals surface area contributed by atoms with Crippen molar-refractivity contribution in [2.75, 3.05) is 11.4 Å². The number of nitrogens with zero attached hydrogens (tertiary/aromatic N) is 1. The molecule has 2 aromatic carbocycles. The zero-order valence-corrected chi connectivity index (χ0v) is 17.7. The van der Waals surface area contributed by atoms with E-state index in [-0.39, 0.29) is 22.4 Å². The molecule has 0 spiro atoms. The summed E-state index contributed by atoms with van der Waals surface area (Å²) < 4.78 is 27.7. The average Bonchev–Trinajstić information content (AvgIpc) is 3.37. The highest BCUT2D eigenvalue weighted by Crippen LogP contribution is 2.49. The van der Waals surface area contributed by atoms with Gasteiger partial charge in [0, 0.05) is 13.1 Å². The predicted octanol–water partition coefficient (Wildman–Crippen LogP) is 4.07. The minimum Gasteiger partial charge on any atom is -0.349 e. The van der Waals surface area contributed by atoms with E-state index in [9.17, 15) is 13.2 Å². The van der Waals surface area contributed by atoms with E-state index in [0.29, 0.717) is 17.5 Å². The van der Waals surface area contributed by atoms with Crippen molar-refractivity contribution in [1.29, 1.82) is 0 Å². The Hall–Kier alpha value is -2.34. The van der Waals surface area contributed by atoms with Gasteiger partial charge in [-0.1, -0.05) is 36.8 Å². The molecule has 5 nitrogen and oxygen atoms in total. The van der Waals surface area contributed by atoms with Crippen LogP contribution >= 0.6 is 0 Å². The predicted molar refractivity (Wildman–Crippen MR) is 114 cm³/mol. The van der Waals surface area contributed by atoms with Crippen molar-refractivity contribution in [3.05, 3.63) is 60.2 Å². The van der Waals surface area contributed by atoms with E-state index >= 15 is 0 Å². The maximum absolute atomic E-state index is 13.2. The van der Waals surface area contributed by atoms with E-state index < -0.39 is 10.0 Å². The van der Waals surface area contributed by atoms with Gasteiger partial charge in [0.1, 0.15) is 4.90 Å². The quantitative estimate of drug-likeness (QED) is 0.778. The zero-order chi connectivity index (χ0) is 20.6. The molecule has 2 aliphatic rings. The fourth-order valence-electron chi connectivity index (χ4n) is 5.10. The molecule has 2 aliphatic carbocycles. The molecule has 4 rings (SSSR count). The van der Waals surface area contributed by atoms with Crippen LogP contribution in [0.1, 0.15) is 43.0 Å². The van der Waals surface area contributed by atoms with E-state index in [0.717, 1.165) is 5.92 Å². The van der Waals surface area contributed by atoms with E-state index in [1.54, 1.807) is 42.5 Å². The smallest absolute Gasteiger partial charge is 0.264 e. The van der Waals surface area contributed by atoms with Crippen molar-refractivity contribution in [2.45, 2.75) is 43.5 Å². The molecule has 2 fully saturated rings. The Morgan fingerprint density at radius 1 is 1.03 bits per heavy atom. The monoisotopic (exact) mass is 412 g/mol. The maximum atomic E-state index is 13.2. The number of benzene rings is 2. The summed E-state index contributed by atoms with van der Waals surface area (Å²) in [7, 11) is -2.35. The molecule has 0 heterocycles. The van der Waals surface area contributed by atoms with E-state index in [2.05, 4.69) is 12.2 Å². The first-order valence-electron chi connectivity index (χ1n) is 10.3. The number of sulfonamides is 1. The Labute approximate surface area is 173 Å². The first kappa shape index (κ1) is 20.0. The summed E-state index contributed by atoms with van der Waals surface area (Å²) in [6, 6.07) is 15.4. The minimum absolute atomic E-state index is 0.0315. The number of hydrogen-bond donors (Lipinski definition) is 1. The minimum atomic E-state index is -3.86. The van der Waals surface area contributed by atoms with Crippen LogP contribution in [0, 0.1) is 17.8 Å². The number of anilines is 1. The summed E-state index contributed by atoms with van der Waals surface area (Å²) in [6.07, 6.45) is 5.01. The van der Waals surface area contributed by atoms with E-state index in [4.69, 9.17) is 0 Å². The Balaban J connectivity index is 1.57. The summed E-state index contributed by atoms with van der Waals surface area (Å²) in [4.78, 5) is 13.1. The average molecular weight is 413 g/mol. The lowest BCUT2D eigenvalue weighted by molar-refractivity contribution is 0.0912. The second-order valence-corrected chi connectivity index (χ2v) is 10.3. The van der Waals surface area contributed by atoms with Crippen LogP contribution in [0.15, 0.2) is 59.5 Å². The van der Waals surface area contributed by atoms with Crippen LogP contribution in [0.3, 0.4) is 0 Å². The number of carbonyl (C=O) groups is 1. The maximum Gasteiger partial charge on any atom is 0.264 e. The molecule has 6 heteroatoms. The molecule has 0 aliphatic heterocycles. The van der Waals surface area contributed by atoms with Crippen LogP contribution in [0.2, 0.25) is 0 Å². The number of amides is 1. The number of hydrogen-bond acceptors (Lipinski definition) is 3. The lowest BCUT2D eigenvalue weighted by Crippen LogP contribution is -2.41. The van der Waals surface area contributed by atoms with E-state index in [1.807, 2.05) is 6.07 Å². The van der Waals surface area contributed by atoms with Crippen molar-refractivity contribution in [2.24, 2.45) is 17.8 Å². The van der Waals surface area contributed by atoms with Gasteiger partial charge in [0.05, 0.1) is 11.3 Å². The molecule has 1 amide bonds. The SMILES string of the molecule is C[C@@H](NC(=O)c1ccccc1S(=O)(=O)N(C)c1ccccc1)[C@H]1C[C@@H]2CC[C@H]1C2. The second kappa shape index (κ2) is 7.82. The molecule has 154 valence electrons. The van der Waals surface area contributed by atoms with Gasteiger partial charge in [-0.2, -0.15) is 0 Å². The first-order chi connectivity index (χ1) is 13.9. The Bertz CT molecular complexity index is 990. The van der Waals surface area contributed by atoms with Gasteiger partial charge in [-0.05, 0) is 68.2 Å². The Morgan fingerprint density at radius 2 is 1.72 bits per heavy atom. The van der Waals surface area contributed by atoms with Gasteiger partial charge < -0.3 is 5.32 Å². The van der Waals surface area contributed by atoms with Crippen molar-refractivity contribution >= 4 is 21.6 Å². The fraction of sp³-hybridized carbons (Fsp3) is 0.435. The van der Waals surface area contributed by atoms with Gasteiger partial charge in [-0.25, -0.2) is 8.42 Å². The molecule has 2 bridgehead atoms. The summed E-state index contributed by atoms with van der Waals surface area (Å²) >= 11 is 0. The van der Waals surface area contributed by atoms with Crippen molar-refractivity contribution in [3.63, 3.8) is 0 Å². The Morgan fingerprint density at radius 3 is 2.38 bits per heavy atom. The highest BCUT2D eigenvalue weighted by molar-refractivity contribution is 7.92. The van der Waals surface area contributed by atoms with Crippen LogP contribution in [-0.4, -0.2) is 27.4 Å². The second-order valence-electron chi connectivity index (χ2n) is 8.41. The summed E-state index contributed by atoms with van der Waals surface area (Å²) in [5.74, 6) is 1.67. The van der Waals surface area contributed by atoms with Crippen molar-refractivity contribution in [3.8, 4) is 0 Å². The highest BCUT2D eigenvalue weighted by atomic mass is 32.2. The lowest BCUT2D eigenvalue weighted by Gasteiger charge is -2.29. The highest BCUT2D eigenvalue weighted by Gasteiger charge is 2.42. The van der Waals surface area contributed by atoms with Crippen LogP contribution in [-0.2, 0) is 10.0 Å². The van der Waals surface area contributed by atoms with Crippen molar-refractivity contribution in [1.82, 2.24) is 5.32 Å². The molecular weight excluding hydrogens is 384 g/mol. The van der Waals surface area contributed by atoms with Crippen LogP contribution in [0.5, 0.6) is 0 Å². The van der Waals surface area contributed by atoms with Gasteiger partial charge in [-0.3, -0.25) is 9.10 Å². The molecule has 1 N–H and O–H groups in total. The number of carbonyl (C=O) groups excluding carboxylic acids is 1. The first-order valence-corrected chi connectivity index (χ1v) is 11.8. The molecule has 0 radical (unpaired) electrons. The third-order valence-corrected chi connectivity index (χ3v) is 8.53. The summed E-state index contributed by atoms with van der Waals surface area (Å²) in [5.41, 5.74) is 0.753. The third-order valence-electron chi connectivity index (χ3n) is 6.68. The molecule has 0 saturated heterocycles. The summed E-state index contributed by atoms with van der Waals surface area (Å²) in [5, 5.41) is 3.09. The molecule has 2 aromatic rings. The van der Waals surface area contributed by atoms with Gasteiger partial charge >= 0.3 is 0 Å². The normalized spacial score (nSPS) is 24.3. The molecular formula is C23H28N2O3S. The molecule has 0 unspecified atom stereocenters. The number of nitrogens with one attached hydrogen (secondary N) is 1. The van der Waals surface area contributed by atoms with Crippen molar-refractivity contribution < 1.29 is 13.2 Å². The topological polar surface area (TPSA) is 66.5 Å².